The lowest BCUT2D eigenvalue weighted by molar-refractivity contribution is -0.138. The molecule has 1 aliphatic rings. The van der Waals surface area contributed by atoms with E-state index in [0.29, 0.717) is 35.3 Å². The Labute approximate surface area is 220 Å². The van der Waals surface area contributed by atoms with E-state index in [9.17, 15) is 13.2 Å². The number of alkyl halides is 3. The number of hydrogen-bond acceptors (Lipinski definition) is 5. The molecule has 1 aromatic heterocycles. The van der Waals surface area contributed by atoms with Gasteiger partial charge in [0.05, 0.1) is 24.6 Å². The highest BCUT2D eigenvalue weighted by Crippen LogP contribution is 2.42. The zero-order valence-corrected chi connectivity index (χ0v) is 21.7. The van der Waals surface area contributed by atoms with Crippen LogP contribution in [-0.4, -0.2) is 49.3 Å². The molecule has 3 aromatic rings. The number of nitrogens with zero attached hydrogens (tertiary/aromatic N) is 3. The molecule has 4 rings (SSSR count). The van der Waals surface area contributed by atoms with Crippen molar-refractivity contribution in [2.24, 2.45) is 0 Å². The van der Waals surface area contributed by atoms with Gasteiger partial charge in [0.15, 0.2) is 5.11 Å². The first-order valence-electron chi connectivity index (χ1n) is 11.8. The van der Waals surface area contributed by atoms with Gasteiger partial charge in [0, 0.05) is 31.3 Å². The highest BCUT2D eigenvalue weighted by atomic mass is 32.1. The summed E-state index contributed by atoms with van der Waals surface area (Å²) < 4.78 is 51.8. The van der Waals surface area contributed by atoms with E-state index in [4.69, 9.17) is 21.7 Å². The molecule has 0 aliphatic carbocycles. The minimum absolute atomic E-state index is 0.156. The van der Waals surface area contributed by atoms with E-state index in [1.54, 1.807) is 23.2 Å². The van der Waals surface area contributed by atoms with Crippen LogP contribution in [0.4, 0.5) is 24.5 Å². The summed E-state index contributed by atoms with van der Waals surface area (Å²) in [6.45, 7) is 1.32. The van der Waals surface area contributed by atoms with Crippen LogP contribution >= 0.6 is 12.2 Å². The van der Waals surface area contributed by atoms with Crippen molar-refractivity contribution in [2.75, 3.05) is 44.5 Å². The predicted molar refractivity (Wildman–Crippen MR) is 142 cm³/mol. The van der Waals surface area contributed by atoms with Gasteiger partial charge in [-0.2, -0.15) is 13.2 Å². The summed E-state index contributed by atoms with van der Waals surface area (Å²) in [5.74, 6) is 0.281. The molecule has 1 atom stereocenters. The zero-order valence-electron chi connectivity index (χ0n) is 20.9. The smallest absolute Gasteiger partial charge is 0.420 e. The second kappa shape index (κ2) is 11.4. The second-order valence-electron chi connectivity index (χ2n) is 9.00. The molecule has 196 valence electrons. The molecular formula is C27H29F3N4O2S. The number of pyridine rings is 1. The zero-order chi connectivity index (χ0) is 26.6. The average Bonchev–Trinajstić information content (AvgIpc) is 3.30. The van der Waals surface area contributed by atoms with Gasteiger partial charge >= 0.3 is 6.18 Å². The van der Waals surface area contributed by atoms with Gasteiger partial charge in [-0.15, -0.1) is 0 Å². The topological polar surface area (TPSA) is 49.9 Å². The molecule has 0 saturated carbocycles. The van der Waals surface area contributed by atoms with Crippen LogP contribution in [0, 0.1) is 0 Å². The van der Waals surface area contributed by atoms with Crippen LogP contribution in [0.5, 0.6) is 11.6 Å². The molecule has 1 N–H and O–H groups in total. The highest BCUT2D eigenvalue weighted by molar-refractivity contribution is 7.80. The van der Waals surface area contributed by atoms with Gasteiger partial charge in [-0.3, -0.25) is 0 Å². The molecule has 0 saturated heterocycles. The monoisotopic (exact) mass is 530 g/mol. The van der Waals surface area contributed by atoms with Crippen molar-refractivity contribution in [3.8, 4) is 11.6 Å². The van der Waals surface area contributed by atoms with Crippen LogP contribution in [0.25, 0.3) is 0 Å². The number of thiocarbonyl (C=S) groups is 1. The molecule has 10 heteroatoms. The van der Waals surface area contributed by atoms with Crippen molar-refractivity contribution >= 4 is 28.7 Å². The second-order valence-corrected chi connectivity index (χ2v) is 9.39. The number of aromatic nitrogens is 1. The number of rotatable bonds is 8. The van der Waals surface area contributed by atoms with Crippen molar-refractivity contribution in [1.29, 1.82) is 0 Å². The van der Waals surface area contributed by atoms with Crippen LogP contribution in [0.3, 0.4) is 0 Å². The molecule has 37 heavy (non-hydrogen) atoms. The summed E-state index contributed by atoms with van der Waals surface area (Å²) in [7, 11) is 5.27. The molecule has 2 heterocycles. The first-order valence-corrected chi connectivity index (χ1v) is 12.3. The van der Waals surface area contributed by atoms with Gasteiger partial charge in [-0.1, -0.05) is 30.3 Å². The largest absolute Gasteiger partial charge is 0.496 e. The number of hydrogen-bond donors (Lipinski definition) is 1. The Balaban J connectivity index is 1.46. The van der Waals surface area contributed by atoms with Crippen LogP contribution in [-0.2, 0) is 12.6 Å². The summed E-state index contributed by atoms with van der Waals surface area (Å²) in [5.41, 5.74) is 2.02. The van der Waals surface area contributed by atoms with Gasteiger partial charge in [-0.25, -0.2) is 4.98 Å². The third-order valence-corrected chi connectivity index (χ3v) is 6.43. The minimum Gasteiger partial charge on any atom is -0.496 e. The van der Waals surface area contributed by atoms with Crippen LogP contribution < -0.4 is 19.7 Å². The average molecular weight is 531 g/mol. The molecule has 0 spiro atoms. The van der Waals surface area contributed by atoms with Crippen molar-refractivity contribution in [2.45, 2.75) is 25.1 Å². The van der Waals surface area contributed by atoms with E-state index in [1.165, 1.54) is 13.2 Å². The number of fused-ring (bicyclic) bond motifs is 1. The number of benzene rings is 2. The Hall–Kier alpha value is -3.37. The van der Waals surface area contributed by atoms with E-state index in [1.807, 2.05) is 44.4 Å². The minimum atomic E-state index is -4.53. The fraction of sp³-hybridized carbons (Fsp3) is 0.333. The Kier molecular flexibility index (Phi) is 8.19. The molecule has 1 unspecified atom stereocenters. The Bertz CT molecular complexity index is 1220. The van der Waals surface area contributed by atoms with Gasteiger partial charge < -0.3 is 24.6 Å². The van der Waals surface area contributed by atoms with Crippen LogP contribution in [0.2, 0.25) is 0 Å². The molecule has 2 aromatic carbocycles. The maximum Gasteiger partial charge on any atom is 0.420 e. The summed E-state index contributed by atoms with van der Waals surface area (Å²) in [6, 6.07) is 16.1. The molecule has 6 nitrogen and oxygen atoms in total. The molecule has 0 radical (unpaired) electrons. The number of nitrogens with one attached hydrogen (secondary N) is 1. The van der Waals surface area contributed by atoms with Gasteiger partial charge in [0.25, 0.3) is 0 Å². The van der Waals surface area contributed by atoms with E-state index < -0.39 is 11.7 Å². The summed E-state index contributed by atoms with van der Waals surface area (Å²) in [4.78, 5) is 8.19. The number of methoxy groups -OCH3 is 1. The summed E-state index contributed by atoms with van der Waals surface area (Å²) in [5, 5.41) is 3.38. The molecule has 0 amide bonds. The predicted octanol–water partition coefficient (Wildman–Crippen LogP) is 5.94. The SMILES string of the molecule is COc1cc2c(cc1C(F)(F)F)N(C(=S)Nc1ccc(OC(CCN(C)C)c3ccccc3)nc1)CC2. The Morgan fingerprint density at radius 1 is 1.16 bits per heavy atom. The van der Waals surface area contributed by atoms with Crippen molar-refractivity contribution in [1.82, 2.24) is 9.88 Å². The van der Waals surface area contributed by atoms with Crippen molar-refractivity contribution in [3.05, 3.63) is 77.5 Å². The van der Waals surface area contributed by atoms with Gasteiger partial charge in [-0.05, 0) is 62.1 Å². The molecule has 1 aliphatic heterocycles. The van der Waals surface area contributed by atoms with E-state index >= 15 is 0 Å². The van der Waals surface area contributed by atoms with Gasteiger partial charge in [0.2, 0.25) is 5.88 Å². The Morgan fingerprint density at radius 2 is 1.92 bits per heavy atom. The highest BCUT2D eigenvalue weighted by Gasteiger charge is 2.37. The lowest BCUT2D eigenvalue weighted by Crippen LogP contribution is -2.33. The van der Waals surface area contributed by atoms with E-state index in [-0.39, 0.29) is 11.9 Å². The summed E-state index contributed by atoms with van der Waals surface area (Å²) >= 11 is 5.53. The molecular weight excluding hydrogens is 501 g/mol. The lowest BCUT2D eigenvalue weighted by Gasteiger charge is -2.23. The van der Waals surface area contributed by atoms with E-state index in [2.05, 4.69) is 15.2 Å². The molecule has 0 fully saturated rings. The van der Waals surface area contributed by atoms with Gasteiger partial charge in [0.1, 0.15) is 11.9 Å². The maximum atomic E-state index is 13.5. The maximum absolute atomic E-state index is 13.5. The first kappa shape index (κ1) is 26.7. The lowest BCUT2D eigenvalue weighted by atomic mass is 10.1. The Morgan fingerprint density at radius 3 is 2.54 bits per heavy atom. The summed E-state index contributed by atoms with van der Waals surface area (Å²) in [6.07, 6.45) is -1.74. The quantitative estimate of drug-likeness (QED) is 0.362. The number of halogens is 3. The van der Waals surface area contributed by atoms with Crippen molar-refractivity contribution in [3.63, 3.8) is 0 Å². The standard InChI is InChI=1S/C27H29F3N4O2S/c1-33(2)13-12-23(18-7-5-4-6-8-18)36-25-10-9-20(17-31-25)32-26(37)34-14-11-19-15-24(35-3)21(16-22(19)34)27(28,29)30/h4-10,15-17,23H,11-14H2,1-3H3,(H,32,37). The normalized spacial score (nSPS) is 13.9. The van der Waals surface area contributed by atoms with E-state index in [0.717, 1.165) is 30.2 Å². The van der Waals surface area contributed by atoms with Crippen molar-refractivity contribution < 1.29 is 22.6 Å². The van der Waals surface area contributed by atoms with Crippen LogP contribution in [0.15, 0.2) is 60.8 Å². The third-order valence-electron chi connectivity index (χ3n) is 6.11. The first-order chi connectivity index (χ1) is 17.7. The van der Waals surface area contributed by atoms with Crippen LogP contribution in [0.1, 0.15) is 29.2 Å². The number of anilines is 2. The fourth-order valence-electron chi connectivity index (χ4n) is 4.21. The fourth-order valence-corrected chi connectivity index (χ4v) is 4.52. The molecule has 0 bridgehead atoms. The third kappa shape index (κ3) is 6.50. The number of ether oxygens (including phenoxy) is 2.